The predicted octanol–water partition coefficient (Wildman–Crippen LogP) is 4.17. The highest BCUT2D eigenvalue weighted by Gasteiger charge is 2.30. The van der Waals surface area contributed by atoms with Gasteiger partial charge in [-0.2, -0.15) is 0 Å². The van der Waals surface area contributed by atoms with E-state index < -0.39 is 24.0 Å². The topological polar surface area (TPSA) is 108 Å². The van der Waals surface area contributed by atoms with Gasteiger partial charge in [-0.25, -0.2) is 4.79 Å². The number of urea groups is 1. The van der Waals surface area contributed by atoms with Crippen LogP contribution in [0.4, 0.5) is 4.79 Å². The molecular formula is C25H27N3O6S2. The van der Waals surface area contributed by atoms with Crippen LogP contribution in [0, 0.1) is 5.92 Å². The van der Waals surface area contributed by atoms with Crippen molar-refractivity contribution in [2.75, 3.05) is 20.4 Å². The molecule has 0 saturated carbocycles. The molecule has 1 aliphatic heterocycles. The van der Waals surface area contributed by atoms with Crippen LogP contribution >= 0.6 is 22.7 Å². The molecule has 2 aromatic heterocycles. The van der Waals surface area contributed by atoms with Crippen LogP contribution in [0.15, 0.2) is 53.2 Å². The lowest BCUT2D eigenvalue weighted by molar-refractivity contribution is -0.142. The van der Waals surface area contributed by atoms with Crippen molar-refractivity contribution in [3.8, 4) is 11.5 Å². The lowest BCUT2D eigenvalue weighted by atomic mass is 9.94. The van der Waals surface area contributed by atoms with Gasteiger partial charge in [-0.3, -0.25) is 9.59 Å². The molecule has 190 valence electrons. The molecule has 3 aromatic rings. The predicted molar refractivity (Wildman–Crippen MR) is 136 cm³/mol. The number of aliphatic carboxylic acids is 1. The van der Waals surface area contributed by atoms with Crippen LogP contribution in [0.25, 0.3) is 0 Å². The Bertz CT molecular complexity index is 1160. The largest absolute Gasteiger partial charge is 0.481 e. The molecule has 11 heteroatoms. The number of thiophene rings is 2. The van der Waals surface area contributed by atoms with E-state index in [2.05, 4.69) is 5.32 Å². The van der Waals surface area contributed by atoms with Gasteiger partial charge >= 0.3 is 12.0 Å². The summed E-state index contributed by atoms with van der Waals surface area (Å²) in [6, 6.07) is 11.5. The molecule has 0 saturated heterocycles. The average molecular weight is 530 g/mol. The summed E-state index contributed by atoms with van der Waals surface area (Å²) in [6.45, 7) is 2.34. The van der Waals surface area contributed by atoms with Gasteiger partial charge in [0.1, 0.15) is 6.54 Å². The zero-order valence-corrected chi connectivity index (χ0v) is 21.5. The molecule has 9 nitrogen and oxygen atoms in total. The van der Waals surface area contributed by atoms with E-state index in [-0.39, 0.29) is 19.2 Å². The number of hydrogen-bond acceptors (Lipinski definition) is 7. The number of fused-ring (bicyclic) bond motifs is 1. The van der Waals surface area contributed by atoms with E-state index in [4.69, 9.17) is 9.47 Å². The first-order chi connectivity index (χ1) is 17.3. The Kier molecular flexibility index (Phi) is 8.11. The fourth-order valence-corrected chi connectivity index (χ4v) is 5.22. The van der Waals surface area contributed by atoms with Crippen LogP contribution < -0.4 is 14.8 Å². The first-order valence-corrected chi connectivity index (χ1v) is 13.0. The maximum Gasteiger partial charge on any atom is 0.318 e. The minimum Gasteiger partial charge on any atom is -0.481 e. The highest BCUT2D eigenvalue weighted by molar-refractivity contribution is 7.10. The smallest absolute Gasteiger partial charge is 0.318 e. The number of benzene rings is 1. The van der Waals surface area contributed by atoms with Crippen molar-refractivity contribution in [2.45, 2.75) is 26.1 Å². The summed E-state index contributed by atoms with van der Waals surface area (Å²) in [6.07, 6.45) is 0. The molecular weight excluding hydrogens is 502 g/mol. The van der Waals surface area contributed by atoms with Gasteiger partial charge < -0.3 is 29.7 Å². The molecule has 0 fully saturated rings. The van der Waals surface area contributed by atoms with Crippen molar-refractivity contribution in [3.63, 3.8) is 0 Å². The molecule has 2 N–H and O–H groups in total. The first-order valence-electron chi connectivity index (χ1n) is 11.3. The number of hydrogen-bond donors (Lipinski definition) is 2. The van der Waals surface area contributed by atoms with Gasteiger partial charge in [0, 0.05) is 16.8 Å². The Morgan fingerprint density at radius 3 is 2.25 bits per heavy atom. The monoisotopic (exact) mass is 529 g/mol. The first kappa shape index (κ1) is 25.5. The summed E-state index contributed by atoms with van der Waals surface area (Å²) >= 11 is 3.14. The summed E-state index contributed by atoms with van der Waals surface area (Å²) in [5, 5.41) is 16.3. The number of nitrogens with one attached hydrogen (secondary N) is 1. The Labute approximate surface area is 216 Å². The van der Waals surface area contributed by atoms with Crippen molar-refractivity contribution in [3.05, 3.63) is 68.5 Å². The fraction of sp³-hybridized carbons (Fsp3) is 0.320. The van der Waals surface area contributed by atoms with Crippen molar-refractivity contribution >= 4 is 40.6 Å². The number of likely N-dealkylation sites (N-methyl/N-ethyl adjacent to an activating group) is 1. The Hall–Kier alpha value is -3.57. The minimum atomic E-state index is -1.06. The van der Waals surface area contributed by atoms with Crippen LogP contribution in [0.3, 0.4) is 0 Å². The number of ether oxygens (including phenoxy) is 2. The van der Waals surface area contributed by atoms with Gasteiger partial charge in [-0.05, 0) is 47.5 Å². The molecule has 3 heterocycles. The normalized spacial score (nSPS) is 13.6. The van der Waals surface area contributed by atoms with E-state index in [0.29, 0.717) is 30.2 Å². The van der Waals surface area contributed by atoms with Gasteiger partial charge in [-0.1, -0.05) is 18.2 Å². The van der Waals surface area contributed by atoms with Crippen LogP contribution in [0.5, 0.6) is 11.5 Å². The second-order valence-electron chi connectivity index (χ2n) is 8.43. The SMILES string of the molecule is CC(C(=O)O)[C@H](NC(=O)N(C)CC(=O)N(Cc1cccs1)Cc1cccs1)c1ccc2c(c1)OCO2. The van der Waals surface area contributed by atoms with Gasteiger partial charge in [0.2, 0.25) is 12.7 Å². The zero-order chi connectivity index (χ0) is 25.7. The molecule has 0 aliphatic carbocycles. The van der Waals surface area contributed by atoms with Gasteiger partial charge in [-0.15, -0.1) is 22.7 Å². The Morgan fingerprint density at radius 2 is 1.67 bits per heavy atom. The van der Waals surface area contributed by atoms with E-state index in [1.807, 2.05) is 35.0 Å². The number of amides is 3. The van der Waals surface area contributed by atoms with Crippen LogP contribution in [0.1, 0.15) is 28.3 Å². The van der Waals surface area contributed by atoms with Crippen molar-refractivity contribution in [1.29, 1.82) is 0 Å². The molecule has 1 aliphatic rings. The molecule has 0 spiro atoms. The van der Waals surface area contributed by atoms with Crippen molar-refractivity contribution in [2.24, 2.45) is 5.92 Å². The standard InChI is InChI=1S/C25H27N3O6S2/c1-16(24(30)31)23(17-7-8-20-21(11-17)34-15-33-20)26-25(32)27(2)14-22(29)28(12-18-5-3-9-35-18)13-19-6-4-10-36-19/h3-11,16,23H,12-15H2,1-2H3,(H,26,32)(H,30,31)/t16?,23-/m0/s1. The zero-order valence-electron chi connectivity index (χ0n) is 19.9. The summed E-state index contributed by atoms with van der Waals surface area (Å²) < 4.78 is 10.7. The maximum absolute atomic E-state index is 13.2. The van der Waals surface area contributed by atoms with Gasteiger partial charge in [0.25, 0.3) is 0 Å². The quantitative estimate of drug-likeness (QED) is 0.408. The maximum atomic E-state index is 13.2. The highest BCUT2D eigenvalue weighted by Crippen LogP contribution is 2.36. The van der Waals surface area contributed by atoms with E-state index in [1.165, 1.54) is 18.9 Å². The molecule has 36 heavy (non-hydrogen) atoms. The van der Waals surface area contributed by atoms with E-state index in [9.17, 15) is 19.5 Å². The number of carbonyl (C=O) groups excluding carboxylic acids is 2. The summed E-state index contributed by atoms with van der Waals surface area (Å²) in [4.78, 5) is 43.2. The summed E-state index contributed by atoms with van der Waals surface area (Å²) in [5.74, 6) is -1.14. The third-order valence-electron chi connectivity index (χ3n) is 5.85. The number of nitrogens with zero attached hydrogens (tertiary/aromatic N) is 2. The highest BCUT2D eigenvalue weighted by atomic mass is 32.1. The molecule has 0 bridgehead atoms. The molecule has 1 unspecified atom stereocenters. The third-order valence-corrected chi connectivity index (χ3v) is 7.57. The van der Waals surface area contributed by atoms with Crippen molar-refractivity contribution in [1.82, 2.24) is 15.1 Å². The van der Waals surface area contributed by atoms with Gasteiger partial charge in [0.15, 0.2) is 11.5 Å². The minimum absolute atomic E-state index is 0.0859. The van der Waals surface area contributed by atoms with E-state index >= 15 is 0 Å². The molecule has 1 aromatic carbocycles. The number of carbonyl (C=O) groups is 3. The second kappa shape index (κ2) is 11.4. The molecule has 0 radical (unpaired) electrons. The summed E-state index contributed by atoms with van der Waals surface area (Å²) in [7, 11) is 1.52. The Balaban J connectivity index is 1.45. The molecule has 2 atom stereocenters. The number of carboxylic acid groups (broad SMARTS) is 1. The molecule has 3 amide bonds. The van der Waals surface area contributed by atoms with Crippen LogP contribution in [0.2, 0.25) is 0 Å². The van der Waals surface area contributed by atoms with E-state index in [1.54, 1.807) is 45.8 Å². The average Bonchev–Trinajstić information content (AvgIpc) is 3.64. The molecule has 4 rings (SSSR count). The van der Waals surface area contributed by atoms with Gasteiger partial charge in [0.05, 0.1) is 25.0 Å². The van der Waals surface area contributed by atoms with Crippen molar-refractivity contribution < 1.29 is 29.0 Å². The van der Waals surface area contributed by atoms with Crippen LogP contribution in [-0.4, -0.2) is 53.2 Å². The lowest BCUT2D eigenvalue weighted by Crippen LogP contribution is -2.46. The fourth-order valence-electron chi connectivity index (χ4n) is 3.78. The van der Waals surface area contributed by atoms with E-state index in [0.717, 1.165) is 9.75 Å². The Morgan fingerprint density at radius 1 is 1.03 bits per heavy atom. The number of carboxylic acids is 1. The number of rotatable bonds is 10. The third kappa shape index (κ3) is 6.16. The summed E-state index contributed by atoms with van der Waals surface area (Å²) in [5.41, 5.74) is 0.569. The van der Waals surface area contributed by atoms with Crippen LogP contribution in [-0.2, 0) is 22.7 Å². The lowest BCUT2D eigenvalue weighted by Gasteiger charge is -2.28. The second-order valence-corrected chi connectivity index (χ2v) is 10.5.